The average molecular weight is 443 g/mol. The van der Waals surface area contributed by atoms with Crippen LogP contribution in [0.1, 0.15) is 28.4 Å². The molecule has 1 amide bonds. The van der Waals surface area contributed by atoms with E-state index in [9.17, 15) is 4.79 Å². The summed E-state index contributed by atoms with van der Waals surface area (Å²) < 4.78 is 12.9. The highest BCUT2D eigenvalue weighted by Crippen LogP contribution is 2.28. The summed E-state index contributed by atoms with van der Waals surface area (Å²) in [6.07, 6.45) is 2.49. The molecule has 1 aromatic carbocycles. The number of halogens is 3. The van der Waals surface area contributed by atoms with Crippen LogP contribution in [-0.4, -0.2) is 22.2 Å². The highest BCUT2D eigenvalue weighted by molar-refractivity contribution is 6.35. The Morgan fingerprint density at radius 2 is 2.04 bits per heavy atom. The van der Waals surface area contributed by atoms with Crippen LogP contribution in [0.3, 0.4) is 0 Å². The van der Waals surface area contributed by atoms with Gasteiger partial charge in [0.1, 0.15) is 18.1 Å². The zero-order chi connectivity index (χ0) is 20.1. The van der Waals surface area contributed by atoms with E-state index in [1.165, 1.54) is 0 Å². The van der Waals surface area contributed by atoms with Gasteiger partial charge in [0.05, 0.1) is 15.7 Å². The van der Waals surface area contributed by atoms with Gasteiger partial charge in [0.2, 0.25) is 0 Å². The number of carbonyl (C=O) groups is 1. The van der Waals surface area contributed by atoms with Gasteiger partial charge >= 0.3 is 0 Å². The molecule has 0 aliphatic heterocycles. The van der Waals surface area contributed by atoms with E-state index in [4.69, 9.17) is 44.0 Å². The van der Waals surface area contributed by atoms with Gasteiger partial charge in [-0.25, -0.2) is 0 Å². The van der Waals surface area contributed by atoms with Crippen LogP contribution in [0.2, 0.25) is 15.1 Å². The summed E-state index contributed by atoms with van der Waals surface area (Å²) >= 11 is 17.9. The molecule has 3 rings (SSSR count). The second-order valence-corrected chi connectivity index (χ2v) is 7.32. The third kappa shape index (κ3) is 5.44. The molecule has 0 aliphatic carbocycles. The number of benzene rings is 1. The van der Waals surface area contributed by atoms with Gasteiger partial charge in [-0.2, -0.15) is 5.10 Å². The molecule has 0 atom stereocenters. The topological polar surface area (TPSA) is 69.3 Å². The largest absolute Gasteiger partial charge is 0.484 e. The number of nitrogens with zero attached hydrogens (tertiary/aromatic N) is 2. The zero-order valence-corrected chi connectivity index (χ0v) is 17.3. The molecule has 2 heterocycles. The number of hydrogen-bond donors (Lipinski definition) is 1. The molecule has 1 N–H and O–H groups in total. The van der Waals surface area contributed by atoms with Crippen LogP contribution in [-0.2, 0) is 13.2 Å². The number of nitrogens with one attached hydrogen (secondary N) is 1. The van der Waals surface area contributed by atoms with Crippen LogP contribution in [0.25, 0.3) is 0 Å². The van der Waals surface area contributed by atoms with Crippen LogP contribution in [0.5, 0.6) is 5.75 Å². The molecule has 0 saturated carbocycles. The summed E-state index contributed by atoms with van der Waals surface area (Å²) in [4.78, 5) is 12.2. The van der Waals surface area contributed by atoms with Crippen LogP contribution in [0, 0.1) is 6.92 Å². The average Bonchev–Trinajstić information content (AvgIpc) is 3.25. The first kappa shape index (κ1) is 20.6. The number of carbonyl (C=O) groups excluding carboxylic acids is 1. The Labute approximate surface area is 177 Å². The lowest BCUT2D eigenvalue weighted by Crippen LogP contribution is -2.24. The molecule has 148 valence electrons. The molecular formula is C19H18Cl3N3O3. The lowest BCUT2D eigenvalue weighted by Gasteiger charge is -2.06. The van der Waals surface area contributed by atoms with Crippen molar-refractivity contribution in [3.8, 4) is 5.75 Å². The Hall–Kier alpha value is -2.15. The fourth-order valence-corrected chi connectivity index (χ4v) is 3.07. The summed E-state index contributed by atoms with van der Waals surface area (Å²) in [5.74, 6) is 0.935. The maximum atomic E-state index is 12.2. The number of hydrogen-bond acceptors (Lipinski definition) is 4. The first-order valence-corrected chi connectivity index (χ1v) is 9.70. The van der Waals surface area contributed by atoms with E-state index in [0.29, 0.717) is 39.7 Å². The van der Waals surface area contributed by atoms with Crippen molar-refractivity contribution < 1.29 is 13.9 Å². The lowest BCUT2D eigenvalue weighted by molar-refractivity contribution is 0.0920. The maximum Gasteiger partial charge on any atom is 0.286 e. The zero-order valence-electron chi connectivity index (χ0n) is 15.0. The van der Waals surface area contributed by atoms with Gasteiger partial charge in [0.25, 0.3) is 5.91 Å². The number of aryl methyl sites for hydroxylation is 2. The molecule has 2 aromatic heterocycles. The molecule has 28 heavy (non-hydrogen) atoms. The van der Waals surface area contributed by atoms with E-state index >= 15 is 0 Å². The van der Waals surface area contributed by atoms with Crippen molar-refractivity contribution in [1.82, 2.24) is 15.1 Å². The summed E-state index contributed by atoms with van der Waals surface area (Å²) in [6.45, 7) is 3.14. The fraction of sp³-hybridized carbons (Fsp3) is 0.263. The van der Waals surface area contributed by atoms with E-state index in [-0.39, 0.29) is 18.3 Å². The number of furan rings is 1. The third-order valence-electron chi connectivity index (χ3n) is 3.89. The molecule has 0 spiro atoms. The van der Waals surface area contributed by atoms with E-state index in [1.54, 1.807) is 41.2 Å². The van der Waals surface area contributed by atoms with Gasteiger partial charge in [0, 0.05) is 24.3 Å². The molecule has 0 saturated heterocycles. The molecule has 3 aromatic rings. The standard InChI is InChI=1S/C19H18Cl3N3O3/c1-12-16(22)10-25(24-12)8-2-7-23-19(26)18-6-4-14(28-18)11-27-17-5-3-13(20)9-15(17)21/h3-6,9-10H,2,7-8,11H2,1H3,(H,23,26). The highest BCUT2D eigenvalue weighted by atomic mass is 35.5. The number of rotatable bonds is 8. The van der Waals surface area contributed by atoms with Crippen molar-refractivity contribution in [3.05, 3.63) is 68.8 Å². The monoisotopic (exact) mass is 441 g/mol. The van der Waals surface area contributed by atoms with Crippen LogP contribution in [0.15, 0.2) is 40.9 Å². The van der Waals surface area contributed by atoms with Crippen LogP contribution in [0.4, 0.5) is 0 Å². The van der Waals surface area contributed by atoms with Gasteiger partial charge in [-0.1, -0.05) is 34.8 Å². The Balaban J connectivity index is 1.44. The van der Waals surface area contributed by atoms with E-state index in [1.807, 2.05) is 6.92 Å². The molecule has 0 unspecified atom stereocenters. The van der Waals surface area contributed by atoms with Gasteiger partial charge in [-0.15, -0.1) is 0 Å². The SMILES string of the molecule is Cc1nn(CCCNC(=O)c2ccc(COc3ccc(Cl)cc3Cl)o2)cc1Cl. The van der Waals surface area contributed by atoms with Gasteiger partial charge in [-0.05, 0) is 43.7 Å². The molecule has 9 heteroatoms. The Bertz CT molecular complexity index is 949. The lowest BCUT2D eigenvalue weighted by atomic mass is 10.3. The quantitative estimate of drug-likeness (QED) is 0.490. The first-order valence-electron chi connectivity index (χ1n) is 8.56. The van der Waals surface area contributed by atoms with E-state index < -0.39 is 0 Å². The summed E-state index contributed by atoms with van der Waals surface area (Å²) in [5, 5.41) is 8.65. The number of ether oxygens (including phenoxy) is 1. The molecule has 6 nitrogen and oxygen atoms in total. The van der Waals surface area contributed by atoms with Crippen molar-refractivity contribution in [2.24, 2.45) is 0 Å². The van der Waals surface area contributed by atoms with E-state index in [2.05, 4.69) is 10.4 Å². The minimum Gasteiger partial charge on any atom is -0.484 e. The third-order valence-corrected chi connectivity index (χ3v) is 4.79. The van der Waals surface area contributed by atoms with Crippen molar-refractivity contribution in [2.75, 3.05) is 6.54 Å². The summed E-state index contributed by atoms with van der Waals surface area (Å²) in [7, 11) is 0. The van der Waals surface area contributed by atoms with Crippen molar-refractivity contribution in [2.45, 2.75) is 26.5 Å². The second-order valence-electron chi connectivity index (χ2n) is 6.06. The minimum absolute atomic E-state index is 0.147. The number of aromatic nitrogens is 2. The van der Waals surface area contributed by atoms with Crippen molar-refractivity contribution in [1.29, 1.82) is 0 Å². The van der Waals surface area contributed by atoms with Crippen LogP contribution < -0.4 is 10.1 Å². The molecule has 0 aliphatic rings. The molecule has 0 bridgehead atoms. The predicted molar refractivity (Wildman–Crippen MR) is 108 cm³/mol. The predicted octanol–water partition coefficient (Wildman–Crippen LogP) is 5.14. The van der Waals surface area contributed by atoms with Gasteiger partial charge in [-0.3, -0.25) is 9.48 Å². The Morgan fingerprint density at radius 1 is 1.21 bits per heavy atom. The fourth-order valence-electron chi connectivity index (χ4n) is 2.46. The molecule has 0 radical (unpaired) electrons. The smallest absolute Gasteiger partial charge is 0.286 e. The van der Waals surface area contributed by atoms with Crippen molar-refractivity contribution >= 4 is 40.7 Å². The molecular weight excluding hydrogens is 425 g/mol. The van der Waals surface area contributed by atoms with E-state index in [0.717, 1.165) is 12.1 Å². The minimum atomic E-state index is -0.287. The first-order chi connectivity index (χ1) is 13.4. The second kappa shape index (κ2) is 9.37. The number of amides is 1. The maximum absolute atomic E-state index is 12.2. The Morgan fingerprint density at radius 3 is 2.75 bits per heavy atom. The van der Waals surface area contributed by atoms with Crippen molar-refractivity contribution in [3.63, 3.8) is 0 Å². The van der Waals surface area contributed by atoms with Gasteiger partial charge in [0.15, 0.2) is 5.76 Å². The molecule has 0 fully saturated rings. The summed E-state index contributed by atoms with van der Waals surface area (Å²) in [5.41, 5.74) is 0.788. The van der Waals surface area contributed by atoms with Gasteiger partial charge < -0.3 is 14.5 Å². The highest BCUT2D eigenvalue weighted by Gasteiger charge is 2.12. The normalized spacial score (nSPS) is 10.9. The summed E-state index contributed by atoms with van der Waals surface area (Å²) in [6, 6.07) is 8.25. The van der Waals surface area contributed by atoms with Crippen LogP contribution >= 0.6 is 34.8 Å². The Kier molecular flexibility index (Phi) is 6.88.